The normalized spacial score (nSPS) is 17.1. The minimum absolute atomic E-state index is 0.0274. The van der Waals surface area contributed by atoms with Gasteiger partial charge in [-0.2, -0.15) is 0 Å². The van der Waals surface area contributed by atoms with Gasteiger partial charge in [-0.1, -0.05) is 0 Å². The number of carboxylic acids is 1. The van der Waals surface area contributed by atoms with Crippen LogP contribution in [0.5, 0.6) is 0 Å². The van der Waals surface area contributed by atoms with Crippen molar-refractivity contribution in [3.05, 3.63) is 23.8 Å². The third-order valence-corrected chi connectivity index (χ3v) is 3.83. The molecule has 0 saturated heterocycles. The zero-order valence-corrected chi connectivity index (χ0v) is 14.6. The van der Waals surface area contributed by atoms with Crippen LogP contribution in [0.3, 0.4) is 0 Å². The lowest BCUT2D eigenvalue weighted by molar-refractivity contribution is -0.137. The van der Waals surface area contributed by atoms with Gasteiger partial charge >= 0.3 is 5.97 Å². The fourth-order valence-electron chi connectivity index (χ4n) is 2.20. The molecule has 1 aromatic heterocycles. The molecule has 5 atom stereocenters. The van der Waals surface area contributed by atoms with E-state index in [1.807, 2.05) is 0 Å². The number of aliphatic carboxylic acids is 1. The SMILES string of the molecule is O=C(O)CCCO[C@@H](Cc1cnc([C@@H](O)[C@H](O)[C@H](O)CO)cn1)[C@H](O)CO. The molecular weight excluding hydrogens is 364 g/mol. The van der Waals surface area contributed by atoms with E-state index in [-0.39, 0.29) is 31.6 Å². The Bertz CT molecular complexity index is 557. The summed E-state index contributed by atoms with van der Waals surface area (Å²) in [5.74, 6) is -0.966. The van der Waals surface area contributed by atoms with E-state index in [2.05, 4.69) is 9.97 Å². The van der Waals surface area contributed by atoms with Crippen LogP contribution in [0.2, 0.25) is 0 Å². The molecule has 7 N–H and O–H groups in total. The summed E-state index contributed by atoms with van der Waals surface area (Å²) in [6.07, 6.45) is -4.11. The minimum atomic E-state index is -1.64. The third-order valence-electron chi connectivity index (χ3n) is 3.83. The van der Waals surface area contributed by atoms with Gasteiger partial charge in [0.05, 0.1) is 36.9 Å². The highest BCUT2D eigenvalue weighted by molar-refractivity contribution is 5.66. The lowest BCUT2D eigenvalue weighted by Crippen LogP contribution is -2.35. The van der Waals surface area contributed by atoms with Gasteiger partial charge < -0.3 is 40.5 Å². The molecule has 0 saturated carbocycles. The van der Waals surface area contributed by atoms with Crippen LogP contribution in [-0.4, -0.2) is 95.9 Å². The average molecular weight is 390 g/mol. The summed E-state index contributed by atoms with van der Waals surface area (Å²) in [7, 11) is 0. The minimum Gasteiger partial charge on any atom is -0.481 e. The molecule has 11 nitrogen and oxygen atoms in total. The van der Waals surface area contributed by atoms with Crippen molar-refractivity contribution in [3.63, 3.8) is 0 Å². The number of hydrogen-bond acceptors (Lipinski definition) is 10. The van der Waals surface area contributed by atoms with E-state index in [0.717, 1.165) is 0 Å². The highest BCUT2D eigenvalue weighted by Crippen LogP contribution is 2.17. The van der Waals surface area contributed by atoms with Gasteiger partial charge in [0.1, 0.15) is 24.4 Å². The fraction of sp³-hybridized carbons (Fsp3) is 0.688. The number of carboxylic acid groups (broad SMARTS) is 1. The Kier molecular flexibility index (Phi) is 10.3. The van der Waals surface area contributed by atoms with Crippen LogP contribution in [-0.2, 0) is 16.0 Å². The second-order valence-electron chi connectivity index (χ2n) is 5.98. The maximum atomic E-state index is 10.5. The molecule has 1 aromatic rings. The number of aromatic nitrogens is 2. The van der Waals surface area contributed by atoms with E-state index in [1.165, 1.54) is 12.4 Å². The number of rotatable bonds is 13. The highest BCUT2D eigenvalue weighted by atomic mass is 16.5. The second-order valence-corrected chi connectivity index (χ2v) is 5.98. The molecule has 0 spiro atoms. The van der Waals surface area contributed by atoms with Gasteiger partial charge in [0.25, 0.3) is 0 Å². The molecule has 1 heterocycles. The van der Waals surface area contributed by atoms with Crippen molar-refractivity contribution in [1.29, 1.82) is 0 Å². The van der Waals surface area contributed by atoms with Gasteiger partial charge in [0.15, 0.2) is 0 Å². The molecule has 0 bridgehead atoms. The molecule has 154 valence electrons. The Morgan fingerprint density at radius 1 is 1.04 bits per heavy atom. The first-order valence-corrected chi connectivity index (χ1v) is 8.38. The highest BCUT2D eigenvalue weighted by Gasteiger charge is 2.27. The van der Waals surface area contributed by atoms with Gasteiger partial charge in [-0.15, -0.1) is 0 Å². The van der Waals surface area contributed by atoms with Gasteiger partial charge in [-0.3, -0.25) is 14.8 Å². The van der Waals surface area contributed by atoms with Crippen LogP contribution in [0.25, 0.3) is 0 Å². The number of nitrogens with zero attached hydrogens (tertiary/aromatic N) is 2. The Morgan fingerprint density at radius 3 is 2.22 bits per heavy atom. The number of aliphatic hydroxyl groups excluding tert-OH is 6. The molecule has 0 aliphatic rings. The molecule has 0 radical (unpaired) electrons. The molecule has 0 aliphatic heterocycles. The first-order chi connectivity index (χ1) is 12.8. The van der Waals surface area contributed by atoms with Crippen molar-refractivity contribution in [2.45, 2.75) is 49.8 Å². The van der Waals surface area contributed by atoms with Crippen molar-refractivity contribution in [2.24, 2.45) is 0 Å². The molecule has 1 rings (SSSR count). The fourth-order valence-corrected chi connectivity index (χ4v) is 2.20. The van der Waals surface area contributed by atoms with Gasteiger partial charge in [0, 0.05) is 25.6 Å². The number of ether oxygens (including phenoxy) is 1. The Morgan fingerprint density at radius 2 is 1.70 bits per heavy atom. The van der Waals surface area contributed by atoms with Gasteiger partial charge in [0.2, 0.25) is 0 Å². The smallest absolute Gasteiger partial charge is 0.303 e. The van der Waals surface area contributed by atoms with Crippen LogP contribution >= 0.6 is 0 Å². The molecule has 0 fully saturated rings. The van der Waals surface area contributed by atoms with E-state index in [4.69, 9.17) is 20.1 Å². The first kappa shape index (κ1) is 23.3. The van der Waals surface area contributed by atoms with Crippen molar-refractivity contribution in [2.75, 3.05) is 19.8 Å². The molecule has 0 aromatic carbocycles. The summed E-state index contributed by atoms with van der Waals surface area (Å²) in [5.41, 5.74) is 0.333. The van der Waals surface area contributed by atoms with E-state index in [0.29, 0.717) is 5.69 Å². The topological polar surface area (TPSA) is 194 Å². The van der Waals surface area contributed by atoms with Crippen LogP contribution in [0.15, 0.2) is 12.4 Å². The molecular formula is C16H26N2O9. The van der Waals surface area contributed by atoms with Crippen LogP contribution in [0, 0.1) is 0 Å². The van der Waals surface area contributed by atoms with Crippen molar-refractivity contribution < 1.29 is 45.3 Å². The second kappa shape index (κ2) is 11.9. The zero-order valence-electron chi connectivity index (χ0n) is 14.6. The van der Waals surface area contributed by atoms with Crippen LogP contribution in [0.1, 0.15) is 30.3 Å². The third kappa shape index (κ3) is 7.81. The van der Waals surface area contributed by atoms with Gasteiger partial charge in [-0.05, 0) is 6.42 Å². The summed E-state index contributed by atoms with van der Waals surface area (Å²) < 4.78 is 5.42. The average Bonchev–Trinajstić information content (AvgIpc) is 2.68. The summed E-state index contributed by atoms with van der Waals surface area (Å²) in [6, 6.07) is 0. The number of hydrogen-bond donors (Lipinski definition) is 7. The predicted octanol–water partition coefficient (Wildman–Crippen LogP) is -2.63. The maximum Gasteiger partial charge on any atom is 0.303 e. The molecule has 11 heteroatoms. The van der Waals surface area contributed by atoms with E-state index >= 15 is 0 Å². The number of carbonyl (C=O) groups is 1. The van der Waals surface area contributed by atoms with E-state index in [9.17, 15) is 25.2 Å². The molecule has 0 aliphatic carbocycles. The van der Waals surface area contributed by atoms with Crippen molar-refractivity contribution in [1.82, 2.24) is 9.97 Å². The quantitative estimate of drug-likeness (QED) is 0.174. The molecule has 0 unspecified atom stereocenters. The predicted molar refractivity (Wildman–Crippen MR) is 89.5 cm³/mol. The standard InChI is InChI=1S/C16H26N2O9/c19-7-11(21)13(27-3-1-2-14(23)24)4-9-5-18-10(6-17-9)15(25)16(26)12(22)8-20/h5-6,11-13,15-16,19-22,25-26H,1-4,7-8H2,(H,23,24)/t11-,12-,13+,15-,16-/m1/s1. The Hall–Kier alpha value is -1.73. The lowest BCUT2D eigenvalue weighted by atomic mass is 10.1. The summed E-state index contributed by atoms with van der Waals surface area (Å²) >= 11 is 0. The van der Waals surface area contributed by atoms with Crippen molar-refractivity contribution in [3.8, 4) is 0 Å². The lowest BCUT2D eigenvalue weighted by Gasteiger charge is -2.22. The van der Waals surface area contributed by atoms with E-state index < -0.39 is 49.7 Å². The zero-order chi connectivity index (χ0) is 20.4. The Balaban J connectivity index is 2.69. The van der Waals surface area contributed by atoms with E-state index in [1.54, 1.807) is 0 Å². The number of aliphatic hydroxyl groups is 6. The molecule has 0 amide bonds. The van der Waals surface area contributed by atoms with Crippen LogP contribution < -0.4 is 0 Å². The summed E-state index contributed by atoms with van der Waals surface area (Å²) in [5, 5.41) is 65.3. The Labute approximate surface area is 155 Å². The summed E-state index contributed by atoms with van der Waals surface area (Å²) in [6.45, 7) is -1.22. The monoisotopic (exact) mass is 390 g/mol. The first-order valence-electron chi connectivity index (χ1n) is 8.38. The molecule has 27 heavy (non-hydrogen) atoms. The van der Waals surface area contributed by atoms with Gasteiger partial charge in [-0.25, -0.2) is 0 Å². The van der Waals surface area contributed by atoms with Crippen molar-refractivity contribution >= 4 is 5.97 Å². The summed E-state index contributed by atoms with van der Waals surface area (Å²) in [4.78, 5) is 18.5. The largest absolute Gasteiger partial charge is 0.481 e. The maximum absolute atomic E-state index is 10.5. The van der Waals surface area contributed by atoms with Crippen LogP contribution in [0.4, 0.5) is 0 Å².